The second-order valence-electron chi connectivity index (χ2n) is 5.33. The molecule has 0 aliphatic heterocycles. The topological polar surface area (TPSA) is 57.8 Å². The summed E-state index contributed by atoms with van der Waals surface area (Å²) >= 11 is 3.49. The van der Waals surface area contributed by atoms with E-state index in [4.69, 9.17) is 0 Å². The van der Waals surface area contributed by atoms with Gasteiger partial charge in [0.1, 0.15) is 11.8 Å². The zero-order chi connectivity index (χ0) is 16.7. The Morgan fingerprint density at radius 3 is 2.74 bits per heavy atom. The first kappa shape index (κ1) is 17.3. The first-order chi connectivity index (χ1) is 11.2. The fourth-order valence-electron chi connectivity index (χ4n) is 2.44. The van der Waals surface area contributed by atoms with Gasteiger partial charge in [-0.2, -0.15) is 5.26 Å². The summed E-state index contributed by atoms with van der Waals surface area (Å²) in [5, 5.41) is 12.2. The van der Waals surface area contributed by atoms with Crippen LogP contribution in [-0.4, -0.2) is 17.0 Å². The van der Waals surface area contributed by atoms with Crippen LogP contribution in [0.2, 0.25) is 0 Å². The van der Waals surface area contributed by atoms with Crippen LogP contribution in [0, 0.1) is 11.3 Å². The number of unbranched alkanes of at least 4 members (excludes halogenated alkanes) is 3. The van der Waals surface area contributed by atoms with Crippen molar-refractivity contribution in [2.75, 3.05) is 6.54 Å². The van der Waals surface area contributed by atoms with Gasteiger partial charge in [-0.25, -0.2) is 0 Å². The van der Waals surface area contributed by atoms with Gasteiger partial charge in [0, 0.05) is 17.2 Å². The predicted octanol–water partition coefficient (Wildman–Crippen LogP) is 4.42. The van der Waals surface area contributed by atoms with E-state index in [-0.39, 0.29) is 5.91 Å². The van der Waals surface area contributed by atoms with Gasteiger partial charge in [-0.1, -0.05) is 38.3 Å². The van der Waals surface area contributed by atoms with Gasteiger partial charge in [-0.05, 0) is 40.5 Å². The van der Waals surface area contributed by atoms with E-state index < -0.39 is 0 Å². The predicted molar refractivity (Wildman–Crippen MR) is 94.7 cm³/mol. The number of nitriles is 1. The molecule has 120 valence electrons. The Balaban J connectivity index is 2.21. The average Bonchev–Trinajstić information content (AvgIpc) is 2.98. The van der Waals surface area contributed by atoms with Gasteiger partial charge < -0.3 is 9.88 Å². The zero-order valence-corrected chi connectivity index (χ0v) is 14.8. The van der Waals surface area contributed by atoms with Crippen LogP contribution in [0.1, 0.15) is 48.7 Å². The molecule has 0 saturated carbocycles. The molecular weight excluding hydrogens is 354 g/mol. The Labute approximate surface area is 145 Å². The monoisotopic (exact) mass is 373 g/mol. The maximum atomic E-state index is 12.5. The maximum Gasteiger partial charge on any atom is 0.269 e. The number of carbonyl (C=O) groups excluding carboxylic acids is 1. The van der Waals surface area contributed by atoms with Crippen LogP contribution < -0.4 is 5.32 Å². The molecule has 1 heterocycles. The summed E-state index contributed by atoms with van der Waals surface area (Å²) in [5.41, 5.74) is 1.60. The number of hydrogen-bond donors (Lipinski definition) is 1. The summed E-state index contributed by atoms with van der Waals surface area (Å²) in [4.78, 5) is 12.5. The fraction of sp³-hybridized carbons (Fsp3) is 0.333. The summed E-state index contributed by atoms with van der Waals surface area (Å²) in [6, 6.07) is 11.4. The SMILES string of the molecule is CCCCCCNC(=O)c1c(C#N)ccn1-c1ccccc1Br. The Kier molecular flexibility index (Phi) is 6.42. The van der Waals surface area contributed by atoms with Gasteiger partial charge in [-0.15, -0.1) is 0 Å². The number of carbonyl (C=O) groups is 1. The number of halogens is 1. The van der Waals surface area contributed by atoms with E-state index in [9.17, 15) is 10.1 Å². The molecule has 1 amide bonds. The Morgan fingerprint density at radius 2 is 2.04 bits per heavy atom. The molecule has 2 aromatic rings. The third-order valence-electron chi connectivity index (χ3n) is 3.65. The lowest BCUT2D eigenvalue weighted by molar-refractivity contribution is 0.0946. The lowest BCUT2D eigenvalue weighted by atomic mass is 10.2. The van der Waals surface area contributed by atoms with Crippen molar-refractivity contribution in [3.8, 4) is 11.8 Å². The highest BCUT2D eigenvalue weighted by molar-refractivity contribution is 9.10. The van der Waals surface area contributed by atoms with Crippen molar-refractivity contribution in [3.05, 3.63) is 52.3 Å². The zero-order valence-electron chi connectivity index (χ0n) is 13.2. The van der Waals surface area contributed by atoms with Crippen molar-refractivity contribution in [3.63, 3.8) is 0 Å². The fourth-order valence-corrected chi connectivity index (χ4v) is 2.92. The minimum Gasteiger partial charge on any atom is -0.351 e. The van der Waals surface area contributed by atoms with Crippen LogP contribution in [0.5, 0.6) is 0 Å². The summed E-state index contributed by atoms with van der Waals surface area (Å²) in [5.74, 6) is -0.209. The molecule has 0 aliphatic carbocycles. The minimum atomic E-state index is -0.209. The van der Waals surface area contributed by atoms with E-state index in [0.29, 0.717) is 17.8 Å². The second-order valence-corrected chi connectivity index (χ2v) is 6.18. The number of amides is 1. The number of hydrogen-bond acceptors (Lipinski definition) is 2. The van der Waals surface area contributed by atoms with Crippen LogP contribution in [0.4, 0.5) is 0 Å². The molecule has 0 bridgehead atoms. The van der Waals surface area contributed by atoms with Crippen molar-refractivity contribution in [2.45, 2.75) is 32.6 Å². The number of aromatic nitrogens is 1. The van der Waals surface area contributed by atoms with Crippen LogP contribution >= 0.6 is 15.9 Å². The second kappa shape index (κ2) is 8.54. The van der Waals surface area contributed by atoms with Gasteiger partial charge in [0.15, 0.2) is 0 Å². The average molecular weight is 374 g/mol. The third-order valence-corrected chi connectivity index (χ3v) is 4.32. The molecule has 4 nitrogen and oxygen atoms in total. The first-order valence-corrected chi connectivity index (χ1v) is 8.63. The van der Waals surface area contributed by atoms with Crippen molar-refractivity contribution in [1.29, 1.82) is 5.26 Å². The molecule has 1 aromatic heterocycles. The van der Waals surface area contributed by atoms with Gasteiger partial charge in [0.2, 0.25) is 0 Å². The molecule has 0 unspecified atom stereocenters. The van der Waals surface area contributed by atoms with E-state index in [1.54, 1.807) is 16.8 Å². The third kappa shape index (κ3) is 4.23. The van der Waals surface area contributed by atoms with Crippen molar-refractivity contribution >= 4 is 21.8 Å². The number of nitrogens with zero attached hydrogens (tertiary/aromatic N) is 2. The first-order valence-electron chi connectivity index (χ1n) is 7.83. The van der Waals surface area contributed by atoms with Gasteiger partial charge in [0.25, 0.3) is 5.91 Å². The standard InChI is InChI=1S/C18H20BrN3O/c1-2-3-4-7-11-21-18(23)17-14(13-20)10-12-22(17)16-9-6-5-8-15(16)19/h5-6,8-10,12H,2-4,7,11H2,1H3,(H,21,23). The summed E-state index contributed by atoms with van der Waals surface area (Å²) in [7, 11) is 0. The lowest BCUT2D eigenvalue weighted by Crippen LogP contribution is -2.27. The highest BCUT2D eigenvalue weighted by Gasteiger charge is 2.18. The van der Waals surface area contributed by atoms with Gasteiger partial charge in [-0.3, -0.25) is 4.79 Å². The molecule has 0 radical (unpaired) electrons. The number of rotatable bonds is 7. The Bertz CT molecular complexity index is 715. The highest BCUT2D eigenvalue weighted by Crippen LogP contribution is 2.24. The van der Waals surface area contributed by atoms with Gasteiger partial charge in [0.05, 0.1) is 11.3 Å². The summed E-state index contributed by atoms with van der Waals surface area (Å²) in [6.45, 7) is 2.78. The summed E-state index contributed by atoms with van der Waals surface area (Å²) in [6.07, 6.45) is 6.15. The van der Waals surface area contributed by atoms with E-state index >= 15 is 0 Å². The molecular formula is C18H20BrN3O. The Hall–Kier alpha value is -2.06. The lowest BCUT2D eigenvalue weighted by Gasteiger charge is -2.12. The molecule has 0 saturated heterocycles. The van der Waals surface area contributed by atoms with Crippen LogP contribution in [0.25, 0.3) is 5.69 Å². The van der Waals surface area contributed by atoms with Crippen LogP contribution in [0.3, 0.4) is 0 Å². The molecule has 2 rings (SSSR count). The molecule has 0 fully saturated rings. The van der Waals surface area contributed by atoms with Crippen molar-refractivity contribution in [2.24, 2.45) is 0 Å². The van der Waals surface area contributed by atoms with E-state index in [1.807, 2.05) is 24.3 Å². The van der Waals surface area contributed by atoms with Gasteiger partial charge >= 0.3 is 0 Å². The maximum absolute atomic E-state index is 12.5. The molecule has 1 N–H and O–H groups in total. The van der Waals surface area contributed by atoms with Crippen LogP contribution in [-0.2, 0) is 0 Å². The van der Waals surface area contributed by atoms with Crippen molar-refractivity contribution in [1.82, 2.24) is 9.88 Å². The smallest absolute Gasteiger partial charge is 0.269 e. The number of benzene rings is 1. The normalized spacial score (nSPS) is 10.3. The molecule has 23 heavy (non-hydrogen) atoms. The number of para-hydroxylation sites is 1. The molecule has 5 heteroatoms. The quantitative estimate of drug-likeness (QED) is 0.730. The van der Waals surface area contributed by atoms with E-state index in [0.717, 1.165) is 29.4 Å². The molecule has 0 spiro atoms. The van der Waals surface area contributed by atoms with E-state index in [2.05, 4.69) is 34.2 Å². The molecule has 0 atom stereocenters. The molecule has 0 aliphatic rings. The van der Waals surface area contributed by atoms with Crippen molar-refractivity contribution < 1.29 is 4.79 Å². The van der Waals surface area contributed by atoms with Crippen LogP contribution in [0.15, 0.2) is 41.0 Å². The molecule has 1 aromatic carbocycles. The highest BCUT2D eigenvalue weighted by atomic mass is 79.9. The minimum absolute atomic E-state index is 0.209. The van der Waals surface area contributed by atoms with E-state index in [1.165, 1.54) is 6.42 Å². The largest absolute Gasteiger partial charge is 0.351 e. The Morgan fingerprint density at radius 1 is 1.26 bits per heavy atom. The summed E-state index contributed by atoms with van der Waals surface area (Å²) < 4.78 is 2.63. The number of nitrogens with one attached hydrogen (secondary N) is 1.